The molecule has 8 aromatic carbocycles. The minimum absolute atomic E-state index is 0.665. The normalized spacial score (nSPS) is 12.1. The van der Waals surface area contributed by atoms with Crippen molar-refractivity contribution in [1.82, 2.24) is 19.1 Å². The molecule has 6 heteroatoms. The topological polar surface area (TPSA) is 48.8 Å². The molecule has 0 saturated carbocycles. The van der Waals surface area contributed by atoms with Crippen LogP contribution in [0, 0.1) is 0 Å². The quantitative estimate of drug-likeness (QED) is 0.180. The Morgan fingerprint density at radius 2 is 1.09 bits per heavy atom. The molecule has 5 nitrogen and oxygen atoms in total. The molecule has 0 fully saturated rings. The molecule has 0 aliphatic heterocycles. The zero-order valence-electron chi connectivity index (χ0n) is 30.9. The van der Waals surface area contributed by atoms with Crippen LogP contribution >= 0.6 is 11.3 Å². The second kappa shape index (κ2) is 12.0. The van der Waals surface area contributed by atoms with Gasteiger partial charge in [-0.2, -0.15) is 0 Å². The van der Waals surface area contributed by atoms with Gasteiger partial charge < -0.3 is 8.98 Å². The highest BCUT2D eigenvalue weighted by atomic mass is 32.1. The molecule has 5 aromatic heterocycles. The molecule has 0 atom stereocenters. The number of rotatable bonds is 4. The van der Waals surface area contributed by atoms with E-state index in [1.807, 2.05) is 11.3 Å². The van der Waals surface area contributed by atoms with E-state index in [1.165, 1.54) is 47.5 Å². The van der Waals surface area contributed by atoms with Crippen molar-refractivity contribution in [3.05, 3.63) is 182 Å². The Balaban J connectivity index is 0.998. The van der Waals surface area contributed by atoms with E-state index in [4.69, 9.17) is 14.4 Å². The van der Waals surface area contributed by atoms with Crippen molar-refractivity contribution in [3.8, 4) is 33.8 Å². The number of furan rings is 1. The van der Waals surface area contributed by atoms with E-state index in [9.17, 15) is 0 Å². The molecule has 0 bridgehead atoms. The van der Waals surface area contributed by atoms with Crippen molar-refractivity contribution >= 4 is 97.2 Å². The lowest BCUT2D eigenvalue weighted by Gasteiger charge is -2.09. The standard InChI is InChI=1S/C52H30N4OS/c1-2-11-34(12-3-1)55-43-18-7-5-14-37(43)41-27-31(22-25-45(41)55)32-21-24-38-36-13-4-8-19-44(36)56(46(38)29-32)52-50-49(53-30-54-52)42-28-33(23-26-47(42)57-50)35-16-10-17-40-39-15-6-9-20-48(39)58-51(35)40/h1-30H. The first-order valence-electron chi connectivity index (χ1n) is 19.5. The second-order valence-electron chi connectivity index (χ2n) is 15.0. The molecule has 270 valence electrons. The summed E-state index contributed by atoms with van der Waals surface area (Å²) in [5.41, 5.74) is 12.5. The van der Waals surface area contributed by atoms with Gasteiger partial charge >= 0.3 is 0 Å². The van der Waals surface area contributed by atoms with Crippen LogP contribution in [-0.2, 0) is 0 Å². The number of benzene rings is 8. The highest BCUT2D eigenvalue weighted by molar-refractivity contribution is 7.26. The molecule has 0 aliphatic carbocycles. The SMILES string of the molecule is c1ccc(-n2c3ccccc3c3cc(-c4ccc5c6ccccc6n(-c6ncnc7c6oc6ccc(-c8cccc9c8sc8ccccc89)cc67)c5c4)ccc32)cc1. The lowest BCUT2D eigenvalue weighted by molar-refractivity contribution is 0.662. The summed E-state index contributed by atoms with van der Waals surface area (Å²) in [6.07, 6.45) is 1.67. The number of hydrogen-bond acceptors (Lipinski definition) is 4. The minimum atomic E-state index is 0.665. The van der Waals surface area contributed by atoms with Crippen LogP contribution in [0.1, 0.15) is 0 Å². The van der Waals surface area contributed by atoms with Gasteiger partial charge in [-0.05, 0) is 82.9 Å². The van der Waals surface area contributed by atoms with Gasteiger partial charge in [0.15, 0.2) is 11.4 Å². The van der Waals surface area contributed by atoms with E-state index >= 15 is 0 Å². The monoisotopic (exact) mass is 758 g/mol. The van der Waals surface area contributed by atoms with Crippen LogP contribution in [-0.4, -0.2) is 19.1 Å². The van der Waals surface area contributed by atoms with Crippen molar-refractivity contribution in [2.75, 3.05) is 0 Å². The number of aromatic nitrogens is 4. The highest BCUT2D eigenvalue weighted by Gasteiger charge is 2.21. The molecule has 0 unspecified atom stereocenters. The average molecular weight is 759 g/mol. The van der Waals surface area contributed by atoms with Crippen LogP contribution in [0.25, 0.3) is 120 Å². The molecule has 0 saturated heterocycles. The second-order valence-corrected chi connectivity index (χ2v) is 16.0. The molecule has 0 spiro atoms. The zero-order valence-corrected chi connectivity index (χ0v) is 31.7. The van der Waals surface area contributed by atoms with E-state index in [0.717, 1.165) is 66.5 Å². The Hall–Kier alpha value is -7.54. The Bertz CT molecular complexity index is 3810. The molecule has 0 radical (unpaired) electrons. The molecule has 13 aromatic rings. The summed E-state index contributed by atoms with van der Waals surface area (Å²) in [7, 11) is 0. The Labute approximate surface area is 335 Å². The number of para-hydroxylation sites is 3. The predicted molar refractivity (Wildman–Crippen MR) is 242 cm³/mol. The fourth-order valence-electron chi connectivity index (χ4n) is 9.25. The van der Waals surface area contributed by atoms with Gasteiger partial charge in [-0.25, -0.2) is 9.97 Å². The Morgan fingerprint density at radius 3 is 1.97 bits per heavy atom. The number of thiophene rings is 1. The molecule has 0 amide bonds. The van der Waals surface area contributed by atoms with Gasteiger partial charge in [-0.1, -0.05) is 115 Å². The maximum absolute atomic E-state index is 6.73. The first-order chi connectivity index (χ1) is 28.8. The first-order valence-corrected chi connectivity index (χ1v) is 20.3. The third-order valence-corrected chi connectivity index (χ3v) is 13.1. The van der Waals surface area contributed by atoms with E-state index in [-0.39, 0.29) is 0 Å². The molecular weight excluding hydrogens is 729 g/mol. The van der Waals surface area contributed by atoms with E-state index in [1.54, 1.807) is 6.33 Å². The van der Waals surface area contributed by atoms with Gasteiger partial charge in [0.05, 0.1) is 22.1 Å². The third kappa shape index (κ3) is 4.46. The molecule has 5 heterocycles. The van der Waals surface area contributed by atoms with Crippen LogP contribution in [0.3, 0.4) is 0 Å². The molecule has 0 N–H and O–H groups in total. The van der Waals surface area contributed by atoms with Crippen LogP contribution in [0.2, 0.25) is 0 Å². The molecule has 58 heavy (non-hydrogen) atoms. The molecule has 13 rings (SSSR count). The van der Waals surface area contributed by atoms with Gasteiger partial charge in [-0.15, -0.1) is 11.3 Å². The van der Waals surface area contributed by atoms with Crippen LogP contribution < -0.4 is 0 Å². The summed E-state index contributed by atoms with van der Waals surface area (Å²) < 4.78 is 13.9. The first kappa shape index (κ1) is 31.6. The number of hydrogen-bond donors (Lipinski definition) is 0. The zero-order chi connectivity index (χ0) is 37.9. The van der Waals surface area contributed by atoms with Crippen LogP contribution in [0.15, 0.2) is 187 Å². The van der Waals surface area contributed by atoms with Crippen molar-refractivity contribution in [1.29, 1.82) is 0 Å². The number of nitrogens with zero attached hydrogens (tertiary/aromatic N) is 4. The lowest BCUT2D eigenvalue weighted by atomic mass is 10.0. The lowest BCUT2D eigenvalue weighted by Crippen LogP contribution is -1.98. The van der Waals surface area contributed by atoms with Crippen molar-refractivity contribution in [2.24, 2.45) is 0 Å². The fourth-order valence-corrected chi connectivity index (χ4v) is 10.5. The predicted octanol–water partition coefficient (Wildman–Crippen LogP) is 14.3. The Morgan fingerprint density at radius 1 is 0.431 bits per heavy atom. The van der Waals surface area contributed by atoms with Gasteiger partial charge in [0.1, 0.15) is 17.4 Å². The summed E-state index contributed by atoms with van der Waals surface area (Å²) in [4.78, 5) is 9.81. The fraction of sp³-hybridized carbons (Fsp3) is 0. The summed E-state index contributed by atoms with van der Waals surface area (Å²) in [6, 6.07) is 63.2. The molecular formula is C52H30N4OS. The van der Waals surface area contributed by atoms with Gasteiger partial charge in [0, 0.05) is 52.8 Å². The minimum Gasteiger partial charge on any atom is -0.450 e. The maximum atomic E-state index is 6.73. The highest BCUT2D eigenvalue weighted by Crippen LogP contribution is 2.43. The Kier molecular flexibility index (Phi) is 6.54. The summed E-state index contributed by atoms with van der Waals surface area (Å²) in [5.74, 6) is 0.721. The van der Waals surface area contributed by atoms with Crippen molar-refractivity contribution < 1.29 is 4.42 Å². The van der Waals surface area contributed by atoms with Crippen LogP contribution in [0.4, 0.5) is 0 Å². The van der Waals surface area contributed by atoms with Gasteiger partial charge in [0.2, 0.25) is 0 Å². The average Bonchev–Trinajstić information content (AvgIpc) is 4.04. The van der Waals surface area contributed by atoms with Crippen molar-refractivity contribution in [2.45, 2.75) is 0 Å². The van der Waals surface area contributed by atoms with Crippen molar-refractivity contribution in [3.63, 3.8) is 0 Å². The summed E-state index contributed by atoms with van der Waals surface area (Å²) in [5, 5.41) is 8.32. The maximum Gasteiger partial charge on any atom is 0.197 e. The van der Waals surface area contributed by atoms with Gasteiger partial charge in [-0.3, -0.25) is 4.57 Å². The third-order valence-electron chi connectivity index (χ3n) is 11.9. The largest absolute Gasteiger partial charge is 0.450 e. The van der Waals surface area contributed by atoms with E-state index < -0.39 is 0 Å². The van der Waals surface area contributed by atoms with E-state index in [2.05, 4.69) is 185 Å². The number of fused-ring (bicyclic) bond motifs is 12. The van der Waals surface area contributed by atoms with E-state index in [0.29, 0.717) is 5.58 Å². The van der Waals surface area contributed by atoms with Gasteiger partial charge in [0.25, 0.3) is 0 Å². The smallest absolute Gasteiger partial charge is 0.197 e. The summed E-state index contributed by atoms with van der Waals surface area (Å²) in [6.45, 7) is 0. The van der Waals surface area contributed by atoms with Crippen LogP contribution in [0.5, 0.6) is 0 Å². The summed E-state index contributed by atoms with van der Waals surface area (Å²) >= 11 is 1.84. The molecule has 0 aliphatic rings.